The van der Waals surface area contributed by atoms with Gasteiger partial charge >= 0.3 is 0 Å². The Morgan fingerprint density at radius 3 is 3.12 bits per heavy atom. The number of piperidine rings is 3. The largest absolute Gasteiger partial charge is 0.396 e. The molecule has 24 heavy (non-hydrogen) atoms. The SMILES string of the molecule is C=CCN(C)C(=O)[C@H]1C[NH+]2CC[C@@H]1C[C@@H]2Cn1cc(CCO)nn1. The van der Waals surface area contributed by atoms with Crippen molar-refractivity contribution in [3.05, 3.63) is 24.5 Å². The van der Waals surface area contributed by atoms with E-state index < -0.39 is 0 Å². The van der Waals surface area contributed by atoms with Crippen LogP contribution in [0.15, 0.2) is 18.9 Å². The molecule has 1 aromatic heterocycles. The number of quaternary nitrogens is 1. The van der Waals surface area contributed by atoms with Crippen LogP contribution in [-0.4, -0.2) is 70.2 Å². The van der Waals surface area contributed by atoms with Crippen molar-refractivity contribution in [2.24, 2.45) is 11.8 Å². The smallest absolute Gasteiger partial charge is 0.231 e. The zero-order chi connectivity index (χ0) is 17.1. The summed E-state index contributed by atoms with van der Waals surface area (Å²) in [5.74, 6) is 0.893. The number of aliphatic hydroxyl groups is 1. The number of amides is 1. The number of hydrogen-bond acceptors (Lipinski definition) is 4. The number of carbonyl (C=O) groups is 1. The van der Waals surface area contributed by atoms with Crippen LogP contribution in [0.4, 0.5) is 0 Å². The number of nitrogens with zero attached hydrogens (tertiary/aromatic N) is 4. The highest BCUT2D eigenvalue weighted by Gasteiger charge is 2.47. The highest BCUT2D eigenvalue weighted by atomic mass is 16.3. The lowest BCUT2D eigenvalue weighted by Gasteiger charge is -2.46. The molecule has 1 unspecified atom stereocenters. The van der Waals surface area contributed by atoms with Crippen LogP contribution in [0.2, 0.25) is 0 Å². The van der Waals surface area contributed by atoms with E-state index in [-0.39, 0.29) is 18.4 Å². The molecule has 1 aromatic rings. The van der Waals surface area contributed by atoms with Gasteiger partial charge in [-0.2, -0.15) is 0 Å². The maximum Gasteiger partial charge on any atom is 0.231 e. The van der Waals surface area contributed by atoms with Gasteiger partial charge in [0.25, 0.3) is 0 Å². The van der Waals surface area contributed by atoms with E-state index in [9.17, 15) is 4.79 Å². The van der Waals surface area contributed by atoms with Crippen LogP contribution in [0.1, 0.15) is 18.5 Å². The second-order valence-corrected chi connectivity index (χ2v) is 7.11. The summed E-state index contributed by atoms with van der Waals surface area (Å²) in [4.78, 5) is 15.9. The van der Waals surface area contributed by atoms with Crippen molar-refractivity contribution in [1.82, 2.24) is 19.9 Å². The zero-order valence-corrected chi connectivity index (χ0v) is 14.4. The lowest BCUT2D eigenvalue weighted by Crippen LogP contribution is -3.20. The molecule has 1 amide bonds. The van der Waals surface area contributed by atoms with E-state index in [0.717, 1.165) is 38.2 Å². The molecule has 4 atom stereocenters. The predicted molar refractivity (Wildman–Crippen MR) is 89.3 cm³/mol. The Morgan fingerprint density at radius 1 is 1.62 bits per heavy atom. The first-order chi connectivity index (χ1) is 11.6. The van der Waals surface area contributed by atoms with Gasteiger partial charge in [0.15, 0.2) is 0 Å². The molecular weight excluding hydrogens is 306 g/mol. The van der Waals surface area contributed by atoms with E-state index in [2.05, 4.69) is 16.9 Å². The number of nitrogens with one attached hydrogen (secondary N) is 1. The first kappa shape index (κ1) is 17.1. The second-order valence-electron chi connectivity index (χ2n) is 7.11. The number of aromatic nitrogens is 3. The molecule has 3 aliphatic heterocycles. The summed E-state index contributed by atoms with van der Waals surface area (Å²) in [5.41, 5.74) is 0.836. The monoisotopic (exact) mass is 334 g/mol. The van der Waals surface area contributed by atoms with Crippen molar-refractivity contribution in [3.8, 4) is 0 Å². The van der Waals surface area contributed by atoms with Crippen molar-refractivity contribution in [1.29, 1.82) is 0 Å². The third-order valence-electron chi connectivity index (χ3n) is 5.51. The summed E-state index contributed by atoms with van der Waals surface area (Å²) in [6.07, 6.45) is 6.47. The molecule has 3 aliphatic rings. The second kappa shape index (κ2) is 7.44. The Hall–Kier alpha value is -1.73. The molecule has 0 radical (unpaired) electrons. The Labute approximate surface area is 142 Å². The lowest BCUT2D eigenvalue weighted by atomic mass is 9.75. The van der Waals surface area contributed by atoms with Crippen molar-refractivity contribution in [3.63, 3.8) is 0 Å². The summed E-state index contributed by atoms with van der Waals surface area (Å²) in [6, 6.07) is 0.501. The first-order valence-electron chi connectivity index (χ1n) is 8.82. The van der Waals surface area contributed by atoms with Gasteiger partial charge in [-0.25, -0.2) is 4.68 Å². The minimum absolute atomic E-state index is 0.101. The zero-order valence-electron chi connectivity index (χ0n) is 14.4. The van der Waals surface area contributed by atoms with Crippen LogP contribution in [0.5, 0.6) is 0 Å². The van der Waals surface area contributed by atoms with Crippen LogP contribution in [0.3, 0.4) is 0 Å². The van der Waals surface area contributed by atoms with E-state index in [4.69, 9.17) is 5.11 Å². The molecule has 7 nitrogen and oxygen atoms in total. The van der Waals surface area contributed by atoms with Gasteiger partial charge in [-0.3, -0.25) is 4.79 Å². The van der Waals surface area contributed by atoms with Crippen LogP contribution < -0.4 is 4.90 Å². The Bertz CT molecular complexity index is 587. The molecule has 4 heterocycles. The van der Waals surface area contributed by atoms with Gasteiger partial charge in [-0.15, -0.1) is 11.7 Å². The lowest BCUT2D eigenvalue weighted by molar-refractivity contribution is -0.945. The molecule has 0 aromatic carbocycles. The summed E-state index contributed by atoms with van der Waals surface area (Å²) >= 11 is 0. The third kappa shape index (κ3) is 3.52. The fourth-order valence-electron chi connectivity index (χ4n) is 4.25. The van der Waals surface area contributed by atoms with E-state index in [1.807, 2.05) is 17.9 Å². The van der Waals surface area contributed by atoms with Gasteiger partial charge in [0, 0.05) is 45.7 Å². The van der Waals surface area contributed by atoms with Gasteiger partial charge in [-0.05, 0) is 5.92 Å². The van der Waals surface area contributed by atoms with Crippen LogP contribution >= 0.6 is 0 Å². The van der Waals surface area contributed by atoms with Gasteiger partial charge in [0.2, 0.25) is 5.91 Å². The molecule has 2 N–H and O–H groups in total. The average Bonchev–Trinajstić information content (AvgIpc) is 3.02. The molecule has 2 bridgehead atoms. The molecule has 4 rings (SSSR count). The highest BCUT2D eigenvalue weighted by Crippen LogP contribution is 2.28. The maximum absolute atomic E-state index is 12.6. The predicted octanol–water partition coefficient (Wildman–Crippen LogP) is -1.25. The Kier molecular flexibility index (Phi) is 5.30. The van der Waals surface area contributed by atoms with E-state index in [1.165, 1.54) is 4.90 Å². The number of aliphatic hydroxyl groups excluding tert-OH is 1. The highest BCUT2D eigenvalue weighted by molar-refractivity contribution is 5.79. The third-order valence-corrected chi connectivity index (χ3v) is 5.51. The number of rotatable bonds is 7. The van der Waals surface area contributed by atoms with Gasteiger partial charge in [0.05, 0.1) is 31.2 Å². The summed E-state index contributed by atoms with van der Waals surface area (Å²) in [6.45, 7) is 7.35. The molecule has 7 heteroatoms. The Balaban J connectivity index is 1.60. The molecule has 0 aliphatic carbocycles. The molecule has 3 saturated heterocycles. The molecular formula is C17H28N5O2+. The first-order valence-corrected chi connectivity index (χ1v) is 8.82. The standard InChI is InChI=1S/C17H27N5O2/c1-3-6-20(2)17(24)16-12-21-7-4-13(16)9-15(21)11-22-10-14(5-8-23)18-19-22/h3,10,13,15-16,23H,1,4-9,11-12H2,2H3/p+1/t13-,15-,16+/m1/s1. The summed E-state index contributed by atoms with van der Waals surface area (Å²) in [5, 5.41) is 17.2. The van der Waals surface area contributed by atoms with Crippen LogP contribution in [0.25, 0.3) is 0 Å². The topological polar surface area (TPSA) is 75.7 Å². The average molecular weight is 334 g/mol. The normalized spacial score (nSPS) is 28.8. The van der Waals surface area contributed by atoms with E-state index in [0.29, 0.717) is 24.9 Å². The van der Waals surface area contributed by atoms with Gasteiger partial charge in [-0.1, -0.05) is 11.3 Å². The van der Waals surface area contributed by atoms with Crippen LogP contribution in [-0.2, 0) is 17.8 Å². The van der Waals surface area contributed by atoms with Crippen molar-refractivity contribution in [2.75, 3.05) is 33.3 Å². The Morgan fingerprint density at radius 2 is 2.46 bits per heavy atom. The van der Waals surface area contributed by atoms with Gasteiger partial charge < -0.3 is 14.9 Å². The number of likely N-dealkylation sites (N-methyl/N-ethyl adjacent to an activating group) is 1. The number of carbonyl (C=O) groups excluding carboxylic acids is 1. The number of fused-ring (bicyclic) bond motifs is 3. The fraction of sp³-hybridized carbons (Fsp3) is 0.706. The summed E-state index contributed by atoms with van der Waals surface area (Å²) < 4.78 is 1.89. The quantitative estimate of drug-likeness (QED) is 0.611. The minimum atomic E-state index is 0.101. The molecule has 3 fully saturated rings. The summed E-state index contributed by atoms with van der Waals surface area (Å²) in [7, 11) is 1.87. The number of hydrogen-bond donors (Lipinski definition) is 2. The molecule has 0 saturated carbocycles. The van der Waals surface area contributed by atoms with Crippen molar-refractivity contribution >= 4 is 5.91 Å². The van der Waals surface area contributed by atoms with Gasteiger partial charge in [0.1, 0.15) is 6.04 Å². The minimum Gasteiger partial charge on any atom is -0.396 e. The molecule has 0 spiro atoms. The van der Waals surface area contributed by atoms with Crippen molar-refractivity contribution < 1.29 is 14.8 Å². The van der Waals surface area contributed by atoms with Crippen LogP contribution in [0, 0.1) is 11.8 Å². The maximum atomic E-state index is 12.6. The van der Waals surface area contributed by atoms with E-state index >= 15 is 0 Å². The van der Waals surface area contributed by atoms with E-state index in [1.54, 1.807) is 11.0 Å². The van der Waals surface area contributed by atoms with Crippen molar-refractivity contribution in [2.45, 2.75) is 31.8 Å². The molecule has 132 valence electrons. The fourth-order valence-corrected chi connectivity index (χ4v) is 4.25.